The number of nitrogens with one attached hydrogen (secondary N) is 1. The molecule has 0 saturated heterocycles. The number of thioether (sulfide) groups is 1. The van der Waals surface area contributed by atoms with Crippen LogP contribution in [0.15, 0.2) is 40.2 Å². The molecule has 2 aromatic rings. The standard InChI is InChI=1S/C19H29N5S/c1-15-13-16(2)24(22-15)12-6-11-21-19(20-3)23(4)14-17-7-9-18(25-5)10-8-17/h7-10,13H,6,11-12,14H2,1-5H3,(H,20,21). The van der Waals surface area contributed by atoms with Gasteiger partial charge in [-0.25, -0.2) is 0 Å². The van der Waals surface area contributed by atoms with Gasteiger partial charge in [-0.2, -0.15) is 5.10 Å². The van der Waals surface area contributed by atoms with Gasteiger partial charge in [-0.15, -0.1) is 11.8 Å². The van der Waals surface area contributed by atoms with Crippen molar-refractivity contribution in [1.82, 2.24) is 20.0 Å². The van der Waals surface area contributed by atoms with E-state index in [9.17, 15) is 0 Å². The normalized spacial score (nSPS) is 11.6. The highest BCUT2D eigenvalue weighted by Crippen LogP contribution is 2.15. The van der Waals surface area contributed by atoms with E-state index in [1.807, 2.05) is 14.0 Å². The van der Waals surface area contributed by atoms with Gasteiger partial charge < -0.3 is 10.2 Å². The Morgan fingerprint density at radius 3 is 2.56 bits per heavy atom. The third-order valence-corrected chi connectivity index (χ3v) is 4.83. The number of benzene rings is 1. The van der Waals surface area contributed by atoms with Crippen molar-refractivity contribution in [3.05, 3.63) is 47.3 Å². The van der Waals surface area contributed by atoms with Gasteiger partial charge in [0.1, 0.15) is 0 Å². The van der Waals surface area contributed by atoms with Gasteiger partial charge in [0, 0.05) is 44.3 Å². The molecule has 0 unspecified atom stereocenters. The van der Waals surface area contributed by atoms with E-state index in [-0.39, 0.29) is 0 Å². The van der Waals surface area contributed by atoms with Gasteiger partial charge in [0.2, 0.25) is 0 Å². The molecule has 0 saturated carbocycles. The van der Waals surface area contributed by atoms with Crippen LogP contribution in [0.25, 0.3) is 0 Å². The van der Waals surface area contributed by atoms with Gasteiger partial charge in [-0.05, 0) is 50.3 Å². The molecular formula is C19H29N5S. The topological polar surface area (TPSA) is 45.5 Å². The van der Waals surface area contributed by atoms with Crippen molar-refractivity contribution in [2.24, 2.45) is 4.99 Å². The van der Waals surface area contributed by atoms with Gasteiger partial charge in [-0.1, -0.05) is 12.1 Å². The van der Waals surface area contributed by atoms with Crippen LogP contribution in [0.3, 0.4) is 0 Å². The Labute approximate surface area is 155 Å². The lowest BCUT2D eigenvalue weighted by Crippen LogP contribution is -2.39. The number of nitrogens with zero attached hydrogens (tertiary/aromatic N) is 4. The number of aryl methyl sites for hydroxylation is 3. The van der Waals surface area contributed by atoms with Gasteiger partial charge >= 0.3 is 0 Å². The van der Waals surface area contributed by atoms with Crippen LogP contribution in [0, 0.1) is 13.8 Å². The first-order valence-electron chi connectivity index (χ1n) is 8.59. The predicted octanol–water partition coefficient (Wildman–Crippen LogP) is 3.32. The fourth-order valence-electron chi connectivity index (χ4n) is 2.79. The highest BCUT2D eigenvalue weighted by Gasteiger charge is 2.07. The molecule has 0 bridgehead atoms. The largest absolute Gasteiger partial charge is 0.356 e. The Morgan fingerprint density at radius 1 is 1.28 bits per heavy atom. The van der Waals surface area contributed by atoms with Crippen LogP contribution in [0.2, 0.25) is 0 Å². The molecular weight excluding hydrogens is 330 g/mol. The number of aliphatic imine (C=N–C) groups is 1. The average Bonchev–Trinajstić information content (AvgIpc) is 2.93. The van der Waals surface area contributed by atoms with Crippen LogP contribution < -0.4 is 5.32 Å². The predicted molar refractivity (Wildman–Crippen MR) is 107 cm³/mol. The molecule has 136 valence electrons. The molecule has 1 aromatic heterocycles. The van der Waals surface area contributed by atoms with Crippen molar-refractivity contribution in [3.8, 4) is 0 Å². The van der Waals surface area contributed by atoms with Crippen molar-refractivity contribution in [3.63, 3.8) is 0 Å². The van der Waals surface area contributed by atoms with Crippen LogP contribution in [-0.4, -0.2) is 47.5 Å². The summed E-state index contributed by atoms with van der Waals surface area (Å²) in [6, 6.07) is 10.8. The second-order valence-electron chi connectivity index (χ2n) is 6.18. The number of hydrogen-bond donors (Lipinski definition) is 1. The number of rotatable bonds is 7. The summed E-state index contributed by atoms with van der Waals surface area (Å²) in [6.07, 6.45) is 3.11. The highest BCUT2D eigenvalue weighted by atomic mass is 32.2. The van der Waals surface area contributed by atoms with E-state index in [1.54, 1.807) is 11.8 Å². The maximum Gasteiger partial charge on any atom is 0.193 e. The molecule has 25 heavy (non-hydrogen) atoms. The molecule has 1 N–H and O–H groups in total. The Kier molecular flexibility index (Phi) is 7.37. The molecule has 0 aliphatic heterocycles. The minimum atomic E-state index is 0.839. The van der Waals surface area contributed by atoms with Crippen LogP contribution in [-0.2, 0) is 13.1 Å². The summed E-state index contributed by atoms with van der Waals surface area (Å²) < 4.78 is 2.07. The zero-order chi connectivity index (χ0) is 18.2. The maximum absolute atomic E-state index is 4.50. The lowest BCUT2D eigenvalue weighted by Gasteiger charge is -2.22. The lowest BCUT2D eigenvalue weighted by atomic mass is 10.2. The zero-order valence-electron chi connectivity index (χ0n) is 15.9. The van der Waals surface area contributed by atoms with Crippen LogP contribution in [0.5, 0.6) is 0 Å². The van der Waals surface area contributed by atoms with Crippen molar-refractivity contribution in [1.29, 1.82) is 0 Å². The Morgan fingerprint density at radius 2 is 2.00 bits per heavy atom. The van der Waals surface area contributed by atoms with E-state index < -0.39 is 0 Å². The monoisotopic (exact) mass is 359 g/mol. The van der Waals surface area contributed by atoms with Gasteiger partial charge in [0.25, 0.3) is 0 Å². The molecule has 0 aliphatic rings. The van der Waals surface area contributed by atoms with E-state index in [2.05, 4.69) is 75.5 Å². The molecule has 1 aromatic carbocycles. The minimum Gasteiger partial charge on any atom is -0.356 e. The summed E-state index contributed by atoms with van der Waals surface area (Å²) in [4.78, 5) is 7.83. The molecule has 1 heterocycles. The number of guanidine groups is 1. The summed E-state index contributed by atoms with van der Waals surface area (Å²) in [6.45, 7) is 6.77. The van der Waals surface area contributed by atoms with E-state index in [1.165, 1.54) is 16.2 Å². The third kappa shape index (κ3) is 5.81. The Hall–Kier alpha value is -1.95. The molecule has 0 aliphatic carbocycles. The Bertz CT molecular complexity index is 690. The molecule has 0 spiro atoms. The van der Waals surface area contributed by atoms with Gasteiger partial charge in [0.15, 0.2) is 5.96 Å². The number of aromatic nitrogens is 2. The summed E-state index contributed by atoms with van der Waals surface area (Å²) in [5.74, 6) is 0.919. The molecule has 5 nitrogen and oxygen atoms in total. The first-order chi connectivity index (χ1) is 12.0. The second-order valence-corrected chi connectivity index (χ2v) is 7.06. The summed E-state index contributed by atoms with van der Waals surface area (Å²) in [5, 5.41) is 7.94. The highest BCUT2D eigenvalue weighted by molar-refractivity contribution is 7.98. The fourth-order valence-corrected chi connectivity index (χ4v) is 3.20. The SMILES string of the molecule is CN=C(NCCCn1nc(C)cc1C)N(C)Cc1ccc(SC)cc1. The summed E-state index contributed by atoms with van der Waals surface area (Å²) >= 11 is 1.76. The lowest BCUT2D eigenvalue weighted by molar-refractivity contribution is 0.470. The molecule has 2 rings (SSSR count). The van der Waals surface area contributed by atoms with Crippen molar-refractivity contribution < 1.29 is 0 Å². The van der Waals surface area contributed by atoms with E-state index in [4.69, 9.17) is 0 Å². The van der Waals surface area contributed by atoms with Crippen LogP contribution >= 0.6 is 11.8 Å². The fraction of sp³-hybridized carbons (Fsp3) is 0.474. The second kappa shape index (κ2) is 9.51. The maximum atomic E-state index is 4.50. The smallest absolute Gasteiger partial charge is 0.193 e. The molecule has 0 radical (unpaired) electrons. The van der Waals surface area contributed by atoms with Crippen molar-refractivity contribution in [2.75, 3.05) is 26.9 Å². The van der Waals surface area contributed by atoms with E-state index in [0.717, 1.165) is 37.7 Å². The third-order valence-electron chi connectivity index (χ3n) is 4.09. The quantitative estimate of drug-likeness (QED) is 0.356. The van der Waals surface area contributed by atoms with Crippen LogP contribution in [0.4, 0.5) is 0 Å². The first-order valence-corrected chi connectivity index (χ1v) is 9.81. The van der Waals surface area contributed by atoms with Gasteiger partial charge in [0.05, 0.1) is 5.69 Å². The minimum absolute atomic E-state index is 0.839. The van der Waals surface area contributed by atoms with Gasteiger partial charge in [-0.3, -0.25) is 9.67 Å². The zero-order valence-corrected chi connectivity index (χ0v) is 16.7. The summed E-state index contributed by atoms with van der Waals surface area (Å²) in [7, 11) is 3.90. The molecule has 0 amide bonds. The molecule has 0 fully saturated rings. The van der Waals surface area contributed by atoms with E-state index >= 15 is 0 Å². The Balaban J connectivity index is 1.79. The van der Waals surface area contributed by atoms with Crippen molar-refractivity contribution >= 4 is 17.7 Å². The first kappa shape index (κ1) is 19.4. The summed E-state index contributed by atoms with van der Waals surface area (Å²) in [5.41, 5.74) is 3.58. The van der Waals surface area contributed by atoms with E-state index in [0.29, 0.717) is 0 Å². The molecule has 6 heteroatoms. The number of hydrogen-bond acceptors (Lipinski definition) is 3. The molecule has 0 atom stereocenters. The van der Waals surface area contributed by atoms with Crippen LogP contribution in [0.1, 0.15) is 23.4 Å². The average molecular weight is 360 g/mol. The van der Waals surface area contributed by atoms with Crippen molar-refractivity contribution in [2.45, 2.75) is 38.3 Å².